The highest BCUT2D eigenvalue weighted by atomic mass is 16.5. The highest BCUT2D eigenvalue weighted by Crippen LogP contribution is 2.34. The minimum absolute atomic E-state index is 0.263. The van der Waals surface area contributed by atoms with E-state index in [1.54, 1.807) is 18.2 Å². The van der Waals surface area contributed by atoms with Crippen molar-refractivity contribution in [1.29, 1.82) is 0 Å². The number of esters is 1. The van der Waals surface area contributed by atoms with Gasteiger partial charge in [-0.05, 0) is 12.1 Å². The Bertz CT molecular complexity index is 352. The van der Waals surface area contributed by atoms with E-state index in [0.29, 0.717) is 11.5 Å². The number of methoxy groups -OCH3 is 3. The van der Waals surface area contributed by atoms with Crippen LogP contribution in [0.3, 0.4) is 0 Å². The lowest BCUT2D eigenvalue weighted by molar-refractivity contribution is -0.150. The molecule has 1 atom stereocenters. The van der Waals surface area contributed by atoms with Crippen LogP contribution in [0.5, 0.6) is 11.5 Å². The first kappa shape index (κ1) is 12.3. The van der Waals surface area contributed by atoms with E-state index in [0.717, 1.165) is 0 Å². The summed E-state index contributed by atoms with van der Waals surface area (Å²) in [7, 11) is 4.10. The van der Waals surface area contributed by atoms with Gasteiger partial charge in [-0.25, -0.2) is 4.79 Å². The topological polar surface area (TPSA) is 65.0 Å². The van der Waals surface area contributed by atoms with Crippen LogP contribution in [-0.2, 0) is 9.53 Å². The average molecular weight is 226 g/mol. The first-order valence-electron chi connectivity index (χ1n) is 4.62. The van der Waals surface area contributed by atoms with E-state index < -0.39 is 12.1 Å². The third-order valence-electron chi connectivity index (χ3n) is 2.16. The zero-order chi connectivity index (χ0) is 12.1. The van der Waals surface area contributed by atoms with Crippen molar-refractivity contribution in [2.24, 2.45) is 0 Å². The van der Waals surface area contributed by atoms with E-state index >= 15 is 0 Å². The number of hydrogen-bond donors (Lipinski definition) is 1. The van der Waals surface area contributed by atoms with Crippen molar-refractivity contribution in [3.63, 3.8) is 0 Å². The lowest BCUT2D eigenvalue weighted by atomic mass is 10.1. The smallest absolute Gasteiger partial charge is 0.339 e. The number of carbonyl (C=O) groups is 1. The maximum Gasteiger partial charge on any atom is 0.339 e. The molecular formula is C11H14O5. The Balaban J connectivity index is 3.22. The molecule has 0 fully saturated rings. The SMILES string of the molecule is COC(=O)C(O)c1c(OC)cccc1OC. The van der Waals surface area contributed by atoms with Crippen molar-refractivity contribution in [1.82, 2.24) is 0 Å². The predicted molar refractivity (Wildman–Crippen MR) is 56.5 cm³/mol. The highest BCUT2D eigenvalue weighted by Gasteiger charge is 2.25. The van der Waals surface area contributed by atoms with Gasteiger partial charge in [0.2, 0.25) is 0 Å². The molecule has 88 valence electrons. The van der Waals surface area contributed by atoms with Gasteiger partial charge in [-0.15, -0.1) is 0 Å². The molecule has 0 saturated heterocycles. The van der Waals surface area contributed by atoms with E-state index in [4.69, 9.17) is 9.47 Å². The van der Waals surface area contributed by atoms with Crippen molar-refractivity contribution in [2.75, 3.05) is 21.3 Å². The summed E-state index contributed by atoms with van der Waals surface area (Å²) in [5.41, 5.74) is 0.263. The zero-order valence-corrected chi connectivity index (χ0v) is 9.39. The fourth-order valence-electron chi connectivity index (χ4n) is 1.38. The maximum absolute atomic E-state index is 11.3. The molecule has 16 heavy (non-hydrogen) atoms. The van der Waals surface area contributed by atoms with Gasteiger partial charge in [-0.2, -0.15) is 0 Å². The molecule has 1 aromatic carbocycles. The van der Waals surface area contributed by atoms with Crippen molar-refractivity contribution in [3.8, 4) is 11.5 Å². The summed E-state index contributed by atoms with van der Waals surface area (Å²) in [6.07, 6.45) is -1.42. The quantitative estimate of drug-likeness (QED) is 0.773. The third-order valence-corrected chi connectivity index (χ3v) is 2.16. The van der Waals surface area contributed by atoms with Gasteiger partial charge in [-0.1, -0.05) is 6.07 Å². The highest BCUT2D eigenvalue weighted by molar-refractivity contribution is 5.78. The molecule has 0 aromatic heterocycles. The Morgan fingerprint density at radius 2 is 1.69 bits per heavy atom. The molecule has 0 saturated carbocycles. The van der Waals surface area contributed by atoms with Crippen LogP contribution in [0.15, 0.2) is 18.2 Å². The fraction of sp³-hybridized carbons (Fsp3) is 0.364. The summed E-state index contributed by atoms with van der Waals surface area (Å²) in [6, 6.07) is 4.96. The molecule has 1 unspecified atom stereocenters. The van der Waals surface area contributed by atoms with Crippen LogP contribution in [0, 0.1) is 0 Å². The Kier molecular flexibility index (Phi) is 4.13. The third kappa shape index (κ3) is 2.25. The number of carbonyl (C=O) groups excluding carboxylic acids is 1. The normalized spacial score (nSPS) is 11.8. The Labute approximate surface area is 93.6 Å². The van der Waals surface area contributed by atoms with Gasteiger partial charge in [0.25, 0.3) is 0 Å². The number of aliphatic hydroxyl groups is 1. The number of ether oxygens (including phenoxy) is 3. The second kappa shape index (κ2) is 5.37. The molecular weight excluding hydrogens is 212 g/mol. The Morgan fingerprint density at radius 3 is 2.06 bits per heavy atom. The van der Waals surface area contributed by atoms with Crippen molar-refractivity contribution in [3.05, 3.63) is 23.8 Å². The van der Waals surface area contributed by atoms with Crippen molar-refractivity contribution in [2.45, 2.75) is 6.10 Å². The second-order valence-electron chi connectivity index (χ2n) is 3.00. The first-order valence-corrected chi connectivity index (χ1v) is 4.62. The van der Waals surface area contributed by atoms with Crippen LogP contribution >= 0.6 is 0 Å². The molecule has 0 heterocycles. The summed E-state index contributed by atoms with van der Waals surface area (Å²) >= 11 is 0. The van der Waals surface area contributed by atoms with E-state index in [9.17, 15) is 9.90 Å². The van der Waals surface area contributed by atoms with E-state index in [-0.39, 0.29) is 5.56 Å². The molecule has 0 aliphatic carbocycles. The molecule has 5 heteroatoms. The first-order chi connectivity index (χ1) is 7.65. The van der Waals surface area contributed by atoms with Gasteiger partial charge in [0.15, 0.2) is 6.10 Å². The molecule has 1 aromatic rings. The van der Waals surface area contributed by atoms with Gasteiger partial charge in [0.1, 0.15) is 11.5 Å². The second-order valence-corrected chi connectivity index (χ2v) is 3.00. The number of aliphatic hydroxyl groups excluding tert-OH is 1. The number of benzene rings is 1. The summed E-state index contributed by atoms with van der Waals surface area (Å²) in [4.78, 5) is 11.3. The van der Waals surface area contributed by atoms with E-state index in [2.05, 4.69) is 4.74 Å². The largest absolute Gasteiger partial charge is 0.496 e. The van der Waals surface area contributed by atoms with Crippen LogP contribution < -0.4 is 9.47 Å². The van der Waals surface area contributed by atoms with Crippen LogP contribution in [0.25, 0.3) is 0 Å². The van der Waals surface area contributed by atoms with Gasteiger partial charge in [-0.3, -0.25) is 0 Å². The van der Waals surface area contributed by atoms with Crippen LogP contribution in [0.1, 0.15) is 11.7 Å². The molecule has 1 N–H and O–H groups in total. The van der Waals surface area contributed by atoms with Crippen molar-refractivity contribution >= 4 is 5.97 Å². The number of hydrogen-bond acceptors (Lipinski definition) is 5. The number of rotatable bonds is 4. The monoisotopic (exact) mass is 226 g/mol. The van der Waals surface area contributed by atoms with Gasteiger partial charge in [0, 0.05) is 0 Å². The Morgan fingerprint density at radius 1 is 1.19 bits per heavy atom. The fourth-order valence-corrected chi connectivity index (χ4v) is 1.38. The maximum atomic E-state index is 11.3. The van der Waals surface area contributed by atoms with E-state index in [1.165, 1.54) is 21.3 Å². The molecule has 0 bridgehead atoms. The van der Waals surface area contributed by atoms with Crippen LogP contribution in [0.4, 0.5) is 0 Å². The molecule has 0 aliphatic rings. The summed E-state index contributed by atoms with van der Waals surface area (Å²) < 4.78 is 14.6. The lowest BCUT2D eigenvalue weighted by Gasteiger charge is -2.16. The molecule has 0 spiro atoms. The lowest BCUT2D eigenvalue weighted by Crippen LogP contribution is -2.15. The van der Waals surface area contributed by atoms with E-state index in [1.807, 2.05) is 0 Å². The Hall–Kier alpha value is -1.75. The molecule has 0 radical (unpaired) electrons. The van der Waals surface area contributed by atoms with Gasteiger partial charge >= 0.3 is 5.97 Å². The van der Waals surface area contributed by atoms with Crippen LogP contribution in [-0.4, -0.2) is 32.4 Å². The predicted octanol–water partition coefficient (Wildman–Crippen LogP) is 0.910. The van der Waals surface area contributed by atoms with Gasteiger partial charge < -0.3 is 19.3 Å². The summed E-state index contributed by atoms with van der Waals surface area (Å²) in [5.74, 6) is -0.0164. The standard InChI is InChI=1S/C11H14O5/c1-14-7-5-4-6-8(15-2)9(7)10(12)11(13)16-3/h4-6,10,12H,1-3H3. The molecule has 0 amide bonds. The van der Waals surface area contributed by atoms with Crippen molar-refractivity contribution < 1.29 is 24.1 Å². The minimum Gasteiger partial charge on any atom is -0.496 e. The summed E-state index contributed by atoms with van der Waals surface area (Å²) in [5, 5.41) is 9.78. The van der Waals surface area contributed by atoms with Crippen LogP contribution in [0.2, 0.25) is 0 Å². The van der Waals surface area contributed by atoms with Gasteiger partial charge in [0.05, 0.1) is 26.9 Å². The zero-order valence-electron chi connectivity index (χ0n) is 9.39. The molecule has 0 aliphatic heterocycles. The average Bonchev–Trinajstić information content (AvgIpc) is 2.35. The molecule has 1 rings (SSSR count). The summed E-state index contributed by atoms with van der Waals surface area (Å²) in [6.45, 7) is 0. The molecule has 5 nitrogen and oxygen atoms in total. The minimum atomic E-state index is -1.42.